The Bertz CT molecular complexity index is 577. The van der Waals surface area contributed by atoms with E-state index < -0.39 is 0 Å². The predicted octanol–water partition coefficient (Wildman–Crippen LogP) is 2.73. The third-order valence-electron chi connectivity index (χ3n) is 3.94. The maximum absolute atomic E-state index is 11.9. The Hall–Kier alpha value is -1.35. The molecule has 6 nitrogen and oxygen atoms in total. The number of guanidine groups is 1. The van der Waals surface area contributed by atoms with Crippen molar-refractivity contribution in [2.75, 3.05) is 26.7 Å². The first-order valence-electron chi connectivity index (χ1n) is 9.33. The number of hydrogen-bond donors (Lipinski definition) is 3. The van der Waals surface area contributed by atoms with Crippen LogP contribution in [0.2, 0.25) is 0 Å². The summed E-state index contributed by atoms with van der Waals surface area (Å²) in [5.74, 6) is 0.558. The van der Waals surface area contributed by atoms with Crippen LogP contribution in [0.15, 0.2) is 29.3 Å². The Morgan fingerprint density at radius 2 is 1.59 bits per heavy atom. The lowest BCUT2D eigenvalue weighted by Gasteiger charge is -2.21. The maximum Gasteiger partial charge on any atom is 0.239 e. The Balaban J connectivity index is 0.00000676. The molecule has 0 aliphatic rings. The Kier molecular flexibility index (Phi) is 12.3. The average molecular weight is 489 g/mol. The van der Waals surface area contributed by atoms with Gasteiger partial charge in [-0.1, -0.05) is 38.1 Å². The largest absolute Gasteiger partial charge is 0.352 e. The fourth-order valence-corrected chi connectivity index (χ4v) is 2.50. The van der Waals surface area contributed by atoms with Crippen molar-refractivity contribution in [2.45, 2.75) is 53.2 Å². The molecule has 1 aromatic rings. The molecule has 0 saturated heterocycles. The fraction of sp³-hybridized carbons (Fsp3) is 0.600. The molecule has 0 aliphatic carbocycles. The van der Waals surface area contributed by atoms with E-state index >= 15 is 0 Å². The van der Waals surface area contributed by atoms with Crippen LogP contribution in [-0.4, -0.2) is 49.0 Å². The zero-order valence-electron chi connectivity index (χ0n) is 17.6. The standard InChI is InChI=1S/C20H35N5O.HI/c1-7-25(8-2)15-17-11-9-16(10-12-17)13-22-19(21-6)23-14-18(26)24-20(3,4)5;/h9-12H,7-8,13-15H2,1-6H3,(H,24,26)(H2,21,22,23);1H. The number of halogens is 1. The summed E-state index contributed by atoms with van der Waals surface area (Å²) in [6, 6.07) is 8.60. The van der Waals surface area contributed by atoms with E-state index in [1.54, 1.807) is 7.05 Å². The lowest BCUT2D eigenvalue weighted by atomic mass is 10.1. The molecule has 27 heavy (non-hydrogen) atoms. The normalized spacial score (nSPS) is 11.7. The highest BCUT2D eigenvalue weighted by atomic mass is 127. The van der Waals surface area contributed by atoms with Gasteiger partial charge in [0, 0.05) is 25.7 Å². The van der Waals surface area contributed by atoms with Crippen LogP contribution in [0.25, 0.3) is 0 Å². The lowest BCUT2D eigenvalue weighted by Crippen LogP contribution is -2.48. The van der Waals surface area contributed by atoms with E-state index in [0.717, 1.165) is 19.6 Å². The number of rotatable bonds is 8. The fourth-order valence-electron chi connectivity index (χ4n) is 2.50. The monoisotopic (exact) mass is 489 g/mol. The van der Waals surface area contributed by atoms with Gasteiger partial charge in [-0.3, -0.25) is 14.7 Å². The number of hydrogen-bond acceptors (Lipinski definition) is 3. The Labute approximate surface area is 181 Å². The van der Waals surface area contributed by atoms with E-state index in [2.05, 4.69) is 64.0 Å². The van der Waals surface area contributed by atoms with Gasteiger partial charge in [0.05, 0.1) is 6.54 Å². The molecule has 0 heterocycles. The predicted molar refractivity (Wildman–Crippen MR) is 125 cm³/mol. The number of carbonyl (C=O) groups excluding carboxylic acids is 1. The smallest absolute Gasteiger partial charge is 0.239 e. The van der Waals surface area contributed by atoms with Crippen molar-refractivity contribution in [3.05, 3.63) is 35.4 Å². The molecule has 0 fully saturated rings. The van der Waals surface area contributed by atoms with Crippen LogP contribution in [0.4, 0.5) is 0 Å². The molecule has 0 atom stereocenters. The second-order valence-electron chi connectivity index (χ2n) is 7.36. The first-order chi connectivity index (χ1) is 12.3. The molecule has 1 aromatic carbocycles. The molecule has 0 bridgehead atoms. The van der Waals surface area contributed by atoms with E-state index in [1.807, 2.05) is 20.8 Å². The van der Waals surface area contributed by atoms with Gasteiger partial charge in [0.1, 0.15) is 0 Å². The van der Waals surface area contributed by atoms with Gasteiger partial charge < -0.3 is 16.0 Å². The summed E-state index contributed by atoms with van der Waals surface area (Å²) in [5.41, 5.74) is 2.26. The number of aliphatic imine (C=N–C) groups is 1. The van der Waals surface area contributed by atoms with E-state index in [9.17, 15) is 4.79 Å². The van der Waals surface area contributed by atoms with Crippen LogP contribution < -0.4 is 16.0 Å². The zero-order valence-corrected chi connectivity index (χ0v) is 19.9. The quantitative estimate of drug-likeness (QED) is 0.299. The van der Waals surface area contributed by atoms with E-state index in [1.165, 1.54) is 11.1 Å². The minimum atomic E-state index is -0.234. The van der Waals surface area contributed by atoms with Gasteiger partial charge in [-0.25, -0.2) is 0 Å². The molecular formula is C20H36IN5O. The topological polar surface area (TPSA) is 68.8 Å². The summed E-state index contributed by atoms with van der Waals surface area (Å²) < 4.78 is 0. The second kappa shape index (κ2) is 12.9. The summed E-state index contributed by atoms with van der Waals surface area (Å²) in [7, 11) is 1.70. The van der Waals surface area contributed by atoms with Crippen LogP contribution in [-0.2, 0) is 17.9 Å². The van der Waals surface area contributed by atoms with Gasteiger partial charge in [0.15, 0.2) is 5.96 Å². The minimum Gasteiger partial charge on any atom is -0.352 e. The van der Waals surface area contributed by atoms with Crippen LogP contribution in [0.1, 0.15) is 45.7 Å². The van der Waals surface area contributed by atoms with Crippen LogP contribution >= 0.6 is 24.0 Å². The lowest BCUT2D eigenvalue weighted by molar-refractivity contribution is -0.121. The average Bonchev–Trinajstić information content (AvgIpc) is 2.59. The van der Waals surface area contributed by atoms with E-state index in [4.69, 9.17) is 0 Å². The summed E-state index contributed by atoms with van der Waals surface area (Å²) in [4.78, 5) is 18.4. The molecule has 0 aliphatic heterocycles. The van der Waals surface area contributed by atoms with E-state index in [0.29, 0.717) is 12.5 Å². The summed E-state index contributed by atoms with van der Waals surface area (Å²) in [6.07, 6.45) is 0. The molecule has 0 radical (unpaired) electrons. The van der Waals surface area contributed by atoms with Crippen molar-refractivity contribution in [1.29, 1.82) is 0 Å². The van der Waals surface area contributed by atoms with Gasteiger partial charge in [0.25, 0.3) is 0 Å². The molecule has 0 saturated carbocycles. The molecule has 0 spiro atoms. The van der Waals surface area contributed by atoms with Crippen molar-refractivity contribution in [2.24, 2.45) is 4.99 Å². The van der Waals surface area contributed by atoms with Gasteiger partial charge in [0.2, 0.25) is 5.91 Å². The summed E-state index contributed by atoms with van der Waals surface area (Å²) in [6.45, 7) is 14.2. The molecule has 1 rings (SSSR count). The second-order valence-corrected chi connectivity index (χ2v) is 7.36. The minimum absolute atomic E-state index is 0. The highest BCUT2D eigenvalue weighted by Crippen LogP contribution is 2.07. The van der Waals surface area contributed by atoms with Gasteiger partial charge in [-0.15, -0.1) is 24.0 Å². The van der Waals surface area contributed by atoms with E-state index in [-0.39, 0.29) is 42.0 Å². The van der Waals surface area contributed by atoms with Crippen molar-refractivity contribution in [3.8, 4) is 0 Å². The van der Waals surface area contributed by atoms with Gasteiger partial charge in [-0.2, -0.15) is 0 Å². The van der Waals surface area contributed by atoms with Crippen LogP contribution in [0.5, 0.6) is 0 Å². The molecule has 1 amide bonds. The number of nitrogens with one attached hydrogen (secondary N) is 3. The molecule has 7 heteroatoms. The maximum atomic E-state index is 11.9. The summed E-state index contributed by atoms with van der Waals surface area (Å²) >= 11 is 0. The number of amides is 1. The Morgan fingerprint density at radius 1 is 1.04 bits per heavy atom. The van der Waals surface area contributed by atoms with Crippen molar-refractivity contribution < 1.29 is 4.79 Å². The third kappa shape index (κ3) is 11.2. The zero-order chi connectivity index (χ0) is 19.6. The molecular weight excluding hydrogens is 453 g/mol. The van der Waals surface area contributed by atoms with Gasteiger partial charge in [-0.05, 0) is 45.0 Å². The number of benzene rings is 1. The highest BCUT2D eigenvalue weighted by molar-refractivity contribution is 14.0. The van der Waals surface area contributed by atoms with Crippen molar-refractivity contribution >= 4 is 35.8 Å². The van der Waals surface area contributed by atoms with Crippen LogP contribution in [0.3, 0.4) is 0 Å². The number of nitrogens with zero attached hydrogens (tertiary/aromatic N) is 2. The van der Waals surface area contributed by atoms with Crippen molar-refractivity contribution in [3.63, 3.8) is 0 Å². The summed E-state index contributed by atoms with van der Waals surface area (Å²) in [5, 5.41) is 9.19. The first kappa shape index (κ1) is 25.6. The molecule has 154 valence electrons. The molecule has 3 N–H and O–H groups in total. The van der Waals surface area contributed by atoms with Crippen molar-refractivity contribution in [1.82, 2.24) is 20.9 Å². The third-order valence-corrected chi connectivity index (χ3v) is 3.94. The first-order valence-corrected chi connectivity index (χ1v) is 9.33. The SMILES string of the molecule is CCN(CC)Cc1ccc(CNC(=NC)NCC(=O)NC(C)(C)C)cc1.I. The Morgan fingerprint density at radius 3 is 2.07 bits per heavy atom. The molecule has 0 unspecified atom stereocenters. The highest BCUT2D eigenvalue weighted by Gasteiger charge is 2.13. The van der Waals surface area contributed by atoms with Gasteiger partial charge >= 0.3 is 0 Å². The molecule has 0 aromatic heterocycles. The van der Waals surface area contributed by atoms with Crippen LogP contribution in [0, 0.1) is 0 Å². The number of carbonyl (C=O) groups is 1.